The van der Waals surface area contributed by atoms with E-state index in [4.69, 9.17) is 4.74 Å². The second-order valence-corrected chi connectivity index (χ2v) is 17.2. The molecule has 0 radical (unpaired) electrons. The molecule has 0 atom stereocenters. The van der Waals surface area contributed by atoms with Crippen LogP contribution in [0.25, 0.3) is 0 Å². The van der Waals surface area contributed by atoms with Crippen molar-refractivity contribution < 1.29 is 13.5 Å². The first-order valence-electron chi connectivity index (χ1n) is 21.4. The van der Waals surface area contributed by atoms with Crippen molar-refractivity contribution >= 4 is 0 Å². The first-order chi connectivity index (χ1) is 25.0. The highest BCUT2D eigenvalue weighted by Crippen LogP contribution is 2.46. The normalized spacial score (nSPS) is 30.7. The second kappa shape index (κ2) is 19.7. The lowest BCUT2D eigenvalue weighted by molar-refractivity contribution is 0.158. The van der Waals surface area contributed by atoms with Gasteiger partial charge in [-0.15, -0.1) is 0 Å². The standard InChI is InChI=1S/C48H68F2O/c1-3-35-11-15-37(16-12-35)39-19-23-41(24-20-39)45-29-27-43(47(49)33-45)9-5-7-31-51-32-8-6-10-44-28-30-46(34-48(44)50)42-25-21-40(22-26-42)38-17-13-36(4-2)14-18-38/h5-8,27-30,33-42H,3-4,9-26,31-32H2,1-2H3. The fraction of sp³-hybridized carbons (Fsp3) is 0.667. The van der Waals surface area contributed by atoms with E-state index in [1.165, 1.54) is 127 Å². The lowest BCUT2D eigenvalue weighted by atomic mass is 9.68. The Balaban J connectivity index is 0.842. The molecule has 4 aliphatic rings. The molecule has 0 saturated heterocycles. The van der Waals surface area contributed by atoms with Crippen LogP contribution in [0.15, 0.2) is 60.7 Å². The molecule has 0 spiro atoms. The Labute approximate surface area is 310 Å². The third-order valence-corrected chi connectivity index (χ3v) is 14.3. The molecular weight excluding hydrogens is 631 g/mol. The van der Waals surface area contributed by atoms with Gasteiger partial charge >= 0.3 is 0 Å². The smallest absolute Gasteiger partial charge is 0.126 e. The molecule has 0 heterocycles. The maximum Gasteiger partial charge on any atom is 0.126 e. The minimum absolute atomic E-state index is 0.0756. The zero-order valence-corrected chi connectivity index (χ0v) is 32.1. The van der Waals surface area contributed by atoms with Gasteiger partial charge in [0.1, 0.15) is 11.6 Å². The molecule has 4 fully saturated rings. The second-order valence-electron chi connectivity index (χ2n) is 17.2. The number of allylic oxidation sites excluding steroid dienone is 2. The van der Waals surface area contributed by atoms with Gasteiger partial charge in [-0.25, -0.2) is 8.78 Å². The van der Waals surface area contributed by atoms with Gasteiger partial charge < -0.3 is 4.74 Å². The fourth-order valence-electron chi connectivity index (χ4n) is 10.7. The van der Waals surface area contributed by atoms with Crippen molar-refractivity contribution in [2.24, 2.45) is 35.5 Å². The molecule has 0 aliphatic heterocycles. The fourth-order valence-corrected chi connectivity index (χ4v) is 10.7. The van der Waals surface area contributed by atoms with Crippen LogP contribution in [-0.2, 0) is 17.6 Å². The average molecular weight is 699 g/mol. The molecule has 4 saturated carbocycles. The highest BCUT2D eigenvalue weighted by atomic mass is 19.1. The lowest BCUT2D eigenvalue weighted by Gasteiger charge is -2.38. The Hall–Kier alpha value is -2.26. The number of halogens is 2. The molecule has 0 bridgehead atoms. The van der Waals surface area contributed by atoms with Crippen LogP contribution >= 0.6 is 0 Å². The van der Waals surface area contributed by atoms with Crippen molar-refractivity contribution in [3.63, 3.8) is 0 Å². The average Bonchev–Trinajstić information content (AvgIpc) is 3.18. The molecule has 0 unspecified atom stereocenters. The molecular formula is C48H68F2O. The molecule has 0 aromatic heterocycles. The van der Waals surface area contributed by atoms with Gasteiger partial charge in [0, 0.05) is 0 Å². The number of ether oxygens (including phenoxy) is 1. The van der Waals surface area contributed by atoms with Crippen LogP contribution in [0.4, 0.5) is 8.78 Å². The van der Waals surface area contributed by atoms with Crippen LogP contribution in [0.1, 0.15) is 164 Å². The molecule has 0 amide bonds. The lowest BCUT2D eigenvalue weighted by Crippen LogP contribution is -2.25. The summed E-state index contributed by atoms with van der Waals surface area (Å²) >= 11 is 0. The van der Waals surface area contributed by atoms with Crippen molar-refractivity contribution in [3.05, 3.63) is 94.6 Å². The van der Waals surface area contributed by atoms with Gasteiger partial charge in [0.05, 0.1) is 13.2 Å². The monoisotopic (exact) mass is 699 g/mol. The summed E-state index contributed by atoms with van der Waals surface area (Å²) in [6, 6.07) is 11.9. The van der Waals surface area contributed by atoms with Crippen LogP contribution in [0, 0.1) is 47.1 Å². The molecule has 2 aromatic rings. The zero-order valence-electron chi connectivity index (χ0n) is 32.1. The molecule has 3 heteroatoms. The van der Waals surface area contributed by atoms with E-state index < -0.39 is 0 Å². The third-order valence-electron chi connectivity index (χ3n) is 14.3. The minimum Gasteiger partial charge on any atom is -0.373 e. The van der Waals surface area contributed by atoms with E-state index in [0.29, 0.717) is 37.9 Å². The predicted octanol–water partition coefficient (Wildman–Crippen LogP) is 13.9. The van der Waals surface area contributed by atoms with E-state index >= 15 is 8.78 Å². The summed E-state index contributed by atoms with van der Waals surface area (Å²) in [5, 5.41) is 0. The molecule has 0 N–H and O–H groups in total. The van der Waals surface area contributed by atoms with E-state index in [1.807, 2.05) is 48.6 Å². The predicted molar refractivity (Wildman–Crippen MR) is 210 cm³/mol. The van der Waals surface area contributed by atoms with Crippen LogP contribution in [0.2, 0.25) is 0 Å². The molecule has 1 nitrogen and oxygen atoms in total. The first-order valence-corrected chi connectivity index (χ1v) is 21.4. The Bertz CT molecular complexity index is 1270. The highest BCUT2D eigenvalue weighted by Gasteiger charge is 2.32. The molecule has 51 heavy (non-hydrogen) atoms. The number of rotatable bonds is 14. The summed E-state index contributed by atoms with van der Waals surface area (Å²) in [6.07, 6.45) is 33.4. The number of hydrogen-bond donors (Lipinski definition) is 0. The van der Waals surface area contributed by atoms with Crippen molar-refractivity contribution in [3.8, 4) is 0 Å². The van der Waals surface area contributed by atoms with E-state index in [1.54, 1.807) is 0 Å². The topological polar surface area (TPSA) is 9.23 Å². The third kappa shape index (κ3) is 10.9. The van der Waals surface area contributed by atoms with Crippen LogP contribution < -0.4 is 0 Å². The Morgan fingerprint density at radius 2 is 0.843 bits per heavy atom. The summed E-state index contributed by atoms with van der Waals surface area (Å²) in [5.41, 5.74) is 3.88. The van der Waals surface area contributed by atoms with Gasteiger partial charge in [-0.3, -0.25) is 0 Å². The zero-order chi connectivity index (χ0) is 35.4. The maximum absolute atomic E-state index is 15.0. The molecule has 280 valence electrons. The number of hydrogen-bond acceptors (Lipinski definition) is 1. The molecule has 2 aromatic carbocycles. The summed E-state index contributed by atoms with van der Waals surface area (Å²) in [7, 11) is 0. The summed E-state index contributed by atoms with van der Waals surface area (Å²) < 4.78 is 35.8. The van der Waals surface area contributed by atoms with Crippen LogP contribution in [0.3, 0.4) is 0 Å². The summed E-state index contributed by atoms with van der Waals surface area (Å²) in [6.45, 7) is 5.66. The molecule has 4 aliphatic carbocycles. The van der Waals surface area contributed by atoms with Gasteiger partial charge in [-0.05, 0) is 172 Å². The largest absolute Gasteiger partial charge is 0.373 e. The van der Waals surface area contributed by atoms with Gasteiger partial charge in [0.25, 0.3) is 0 Å². The Morgan fingerprint density at radius 3 is 1.18 bits per heavy atom. The van der Waals surface area contributed by atoms with Gasteiger partial charge in [0.15, 0.2) is 0 Å². The van der Waals surface area contributed by atoms with Gasteiger partial charge in [0.2, 0.25) is 0 Å². The first kappa shape index (κ1) is 38.5. The Kier molecular flexibility index (Phi) is 14.9. The van der Waals surface area contributed by atoms with Gasteiger partial charge in [-0.1, -0.05) is 101 Å². The SMILES string of the molecule is CCC1CCC(C2CCC(c3ccc(CC=CCOCC=CCc4ccc(C5CCC(C6CCC(CC)CC6)CC5)cc4F)c(F)c3)CC2)CC1. The summed E-state index contributed by atoms with van der Waals surface area (Å²) in [4.78, 5) is 0. The molecule has 6 rings (SSSR count). The minimum atomic E-state index is -0.0756. The summed E-state index contributed by atoms with van der Waals surface area (Å²) in [5.74, 6) is 6.47. The quantitative estimate of drug-likeness (QED) is 0.141. The number of benzene rings is 2. The van der Waals surface area contributed by atoms with Crippen molar-refractivity contribution in [1.82, 2.24) is 0 Å². The maximum atomic E-state index is 15.0. The van der Waals surface area contributed by atoms with Crippen LogP contribution in [0.5, 0.6) is 0 Å². The Morgan fingerprint density at radius 1 is 0.490 bits per heavy atom. The van der Waals surface area contributed by atoms with Crippen molar-refractivity contribution in [2.75, 3.05) is 13.2 Å². The van der Waals surface area contributed by atoms with E-state index in [0.717, 1.165) is 46.6 Å². The van der Waals surface area contributed by atoms with Crippen molar-refractivity contribution in [1.29, 1.82) is 0 Å². The van der Waals surface area contributed by atoms with Crippen molar-refractivity contribution in [2.45, 2.75) is 154 Å². The van der Waals surface area contributed by atoms with Gasteiger partial charge in [-0.2, -0.15) is 0 Å². The van der Waals surface area contributed by atoms with E-state index in [-0.39, 0.29) is 11.6 Å². The highest BCUT2D eigenvalue weighted by molar-refractivity contribution is 5.30. The van der Waals surface area contributed by atoms with Crippen LogP contribution in [-0.4, -0.2) is 13.2 Å². The van der Waals surface area contributed by atoms with E-state index in [2.05, 4.69) is 26.0 Å². The van der Waals surface area contributed by atoms with E-state index in [9.17, 15) is 0 Å².